The minimum absolute atomic E-state index is 0.0434. The van der Waals surface area contributed by atoms with Crippen molar-refractivity contribution in [3.05, 3.63) is 23.8 Å². The highest BCUT2D eigenvalue weighted by atomic mass is 32.2. The average Bonchev–Trinajstić information content (AvgIpc) is 3.09. The highest BCUT2D eigenvalue weighted by molar-refractivity contribution is 7.91. The molecular weight excluding hydrogens is 392 g/mol. The fourth-order valence-corrected chi connectivity index (χ4v) is 5.54. The van der Waals surface area contributed by atoms with Gasteiger partial charge < -0.3 is 14.4 Å². The zero-order valence-corrected chi connectivity index (χ0v) is 18.8. The van der Waals surface area contributed by atoms with Crippen molar-refractivity contribution in [3.8, 4) is 11.5 Å². The number of nitrogens with zero attached hydrogens (tertiary/aromatic N) is 2. The molecule has 0 bridgehead atoms. The molecule has 29 heavy (non-hydrogen) atoms. The SMILES string of the molecule is CCN(CC)CCCN(CC(=O)c1ccc(OC)c(OC)c1)[C@@H]1CCS(=O)(=O)C1. The van der Waals surface area contributed by atoms with Crippen LogP contribution in [0.5, 0.6) is 11.5 Å². The molecule has 164 valence electrons. The molecule has 0 radical (unpaired) electrons. The van der Waals surface area contributed by atoms with Crippen molar-refractivity contribution in [1.29, 1.82) is 0 Å². The number of sulfone groups is 1. The molecular formula is C21H34N2O5S. The van der Waals surface area contributed by atoms with Crippen LogP contribution in [0.15, 0.2) is 18.2 Å². The van der Waals surface area contributed by atoms with Crippen molar-refractivity contribution in [2.45, 2.75) is 32.7 Å². The summed E-state index contributed by atoms with van der Waals surface area (Å²) in [6.07, 6.45) is 1.49. The number of benzene rings is 1. The summed E-state index contributed by atoms with van der Waals surface area (Å²) < 4.78 is 34.5. The first-order valence-electron chi connectivity index (χ1n) is 10.3. The maximum Gasteiger partial charge on any atom is 0.176 e. The van der Waals surface area contributed by atoms with E-state index in [9.17, 15) is 13.2 Å². The van der Waals surface area contributed by atoms with Crippen LogP contribution in [0.25, 0.3) is 0 Å². The predicted octanol–water partition coefficient (Wildman–Crippen LogP) is 2.11. The first kappa shape index (κ1) is 23.6. The molecule has 1 aromatic carbocycles. The highest BCUT2D eigenvalue weighted by Gasteiger charge is 2.33. The molecule has 1 heterocycles. The maximum atomic E-state index is 13.0. The highest BCUT2D eigenvalue weighted by Crippen LogP contribution is 2.28. The lowest BCUT2D eigenvalue weighted by Gasteiger charge is -2.28. The Kier molecular flexibility index (Phi) is 8.92. The Morgan fingerprint density at radius 1 is 1.10 bits per heavy atom. The van der Waals surface area contributed by atoms with Crippen molar-refractivity contribution in [2.75, 3.05) is 58.4 Å². The summed E-state index contributed by atoms with van der Waals surface area (Å²) in [4.78, 5) is 17.3. The third-order valence-corrected chi connectivity index (χ3v) is 7.34. The van der Waals surface area contributed by atoms with Crippen LogP contribution in [0.3, 0.4) is 0 Å². The molecule has 1 aromatic rings. The zero-order chi connectivity index (χ0) is 21.4. The smallest absolute Gasteiger partial charge is 0.176 e. The first-order chi connectivity index (χ1) is 13.8. The van der Waals surface area contributed by atoms with Gasteiger partial charge in [0.05, 0.1) is 32.3 Å². The maximum absolute atomic E-state index is 13.0. The van der Waals surface area contributed by atoms with Crippen LogP contribution >= 0.6 is 0 Å². The van der Waals surface area contributed by atoms with E-state index in [2.05, 4.69) is 18.7 Å². The van der Waals surface area contributed by atoms with Crippen LogP contribution < -0.4 is 9.47 Å². The van der Waals surface area contributed by atoms with Gasteiger partial charge in [-0.3, -0.25) is 9.69 Å². The average molecular weight is 427 g/mol. The van der Waals surface area contributed by atoms with E-state index in [0.717, 1.165) is 26.1 Å². The molecule has 0 N–H and O–H groups in total. The van der Waals surface area contributed by atoms with E-state index in [-0.39, 0.29) is 29.9 Å². The lowest BCUT2D eigenvalue weighted by atomic mass is 10.1. The standard InChI is InChI=1S/C21H34N2O5S/c1-5-22(6-2)11-7-12-23(18-10-13-29(25,26)16-18)15-19(24)17-8-9-20(27-3)21(14-17)28-4/h8-9,14,18H,5-7,10-13,15-16H2,1-4H3/t18-/m1/s1. The van der Waals surface area contributed by atoms with E-state index in [4.69, 9.17) is 9.47 Å². The largest absolute Gasteiger partial charge is 0.493 e. The molecule has 2 rings (SSSR count). The molecule has 1 atom stereocenters. The molecule has 0 amide bonds. The van der Waals surface area contributed by atoms with Crippen LogP contribution in [0, 0.1) is 0 Å². The van der Waals surface area contributed by atoms with E-state index >= 15 is 0 Å². The Morgan fingerprint density at radius 3 is 2.34 bits per heavy atom. The van der Waals surface area contributed by atoms with Gasteiger partial charge in [-0.1, -0.05) is 13.8 Å². The quantitative estimate of drug-likeness (QED) is 0.474. The van der Waals surface area contributed by atoms with Crippen molar-refractivity contribution in [2.24, 2.45) is 0 Å². The number of methoxy groups -OCH3 is 2. The topological polar surface area (TPSA) is 76.2 Å². The second kappa shape index (κ2) is 10.9. The zero-order valence-electron chi connectivity index (χ0n) is 18.0. The number of rotatable bonds is 12. The molecule has 1 aliphatic rings. The molecule has 0 aromatic heterocycles. The molecule has 1 saturated heterocycles. The Hall–Kier alpha value is -1.64. The summed E-state index contributed by atoms with van der Waals surface area (Å²) in [5.74, 6) is 1.38. The minimum Gasteiger partial charge on any atom is -0.493 e. The molecule has 0 aliphatic carbocycles. The summed E-state index contributed by atoms with van der Waals surface area (Å²) in [6, 6.07) is 5.03. The number of Topliss-reactive ketones (excluding diaryl/α,β-unsaturated/α-hetero) is 1. The van der Waals surface area contributed by atoms with Crippen molar-refractivity contribution >= 4 is 15.6 Å². The second-order valence-corrected chi connectivity index (χ2v) is 9.63. The number of ketones is 1. The Balaban J connectivity index is 2.10. The fourth-order valence-electron chi connectivity index (χ4n) is 3.78. The van der Waals surface area contributed by atoms with Gasteiger partial charge in [-0.15, -0.1) is 0 Å². The molecule has 0 saturated carbocycles. The van der Waals surface area contributed by atoms with Crippen molar-refractivity contribution in [3.63, 3.8) is 0 Å². The van der Waals surface area contributed by atoms with Crippen molar-refractivity contribution in [1.82, 2.24) is 9.80 Å². The molecule has 8 heteroatoms. The van der Waals surface area contributed by atoms with E-state index < -0.39 is 9.84 Å². The molecule has 1 aliphatic heterocycles. The Morgan fingerprint density at radius 2 is 1.79 bits per heavy atom. The normalized spacial score (nSPS) is 18.3. The molecule has 0 spiro atoms. The van der Waals surface area contributed by atoms with E-state index in [0.29, 0.717) is 30.0 Å². The van der Waals surface area contributed by atoms with Gasteiger partial charge in [0, 0.05) is 18.2 Å². The second-order valence-electron chi connectivity index (χ2n) is 7.40. The number of carbonyl (C=O) groups is 1. The van der Waals surface area contributed by atoms with Crippen LogP contribution in [0.1, 0.15) is 37.0 Å². The molecule has 1 fully saturated rings. The number of hydrogen-bond acceptors (Lipinski definition) is 7. The van der Waals surface area contributed by atoms with E-state index in [1.807, 2.05) is 4.90 Å². The van der Waals surface area contributed by atoms with Crippen LogP contribution in [0.4, 0.5) is 0 Å². The predicted molar refractivity (Wildman–Crippen MR) is 115 cm³/mol. The van der Waals surface area contributed by atoms with Gasteiger partial charge in [0.15, 0.2) is 27.1 Å². The fraction of sp³-hybridized carbons (Fsp3) is 0.667. The van der Waals surface area contributed by atoms with Gasteiger partial charge in [0.2, 0.25) is 0 Å². The van der Waals surface area contributed by atoms with Gasteiger partial charge in [-0.2, -0.15) is 0 Å². The van der Waals surface area contributed by atoms with E-state index in [1.165, 1.54) is 7.11 Å². The first-order valence-corrected chi connectivity index (χ1v) is 12.1. The summed E-state index contributed by atoms with van der Waals surface area (Å²) in [5.41, 5.74) is 0.539. The molecule has 7 nitrogen and oxygen atoms in total. The minimum atomic E-state index is -3.01. The monoisotopic (exact) mass is 426 g/mol. The lowest BCUT2D eigenvalue weighted by Crippen LogP contribution is -2.41. The van der Waals surface area contributed by atoms with Crippen LogP contribution in [-0.2, 0) is 9.84 Å². The Bertz CT molecular complexity index is 777. The summed E-state index contributed by atoms with van der Waals surface area (Å²) in [7, 11) is 0.0786. The summed E-state index contributed by atoms with van der Waals surface area (Å²) >= 11 is 0. The Labute approximate surface area is 174 Å². The lowest BCUT2D eigenvalue weighted by molar-refractivity contribution is 0.0895. The van der Waals surface area contributed by atoms with E-state index in [1.54, 1.807) is 25.3 Å². The number of ether oxygens (including phenoxy) is 2. The summed E-state index contributed by atoms with van der Waals surface area (Å²) in [6.45, 7) is 8.08. The third-order valence-electron chi connectivity index (χ3n) is 5.59. The van der Waals surface area contributed by atoms with Gasteiger partial charge in [0.25, 0.3) is 0 Å². The third kappa shape index (κ3) is 6.69. The van der Waals surface area contributed by atoms with Gasteiger partial charge >= 0.3 is 0 Å². The van der Waals surface area contributed by atoms with Gasteiger partial charge in [0.1, 0.15) is 0 Å². The van der Waals surface area contributed by atoms with Crippen LogP contribution in [-0.4, -0.2) is 88.5 Å². The van der Waals surface area contributed by atoms with Gasteiger partial charge in [-0.05, 0) is 50.7 Å². The van der Waals surface area contributed by atoms with Gasteiger partial charge in [-0.25, -0.2) is 8.42 Å². The van der Waals surface area contributed by atoms with Crippen LogP contribution in [0.2, 0.25) is 0 Å². The van der Waals surface area contributed by atoms with Crippen molar-refractivity contribution < 1.29 is 22.7 Å². The molecule has 0 unspecified atom stereocenters. The number of hydrogen-bond donors (Lipinski definition) is 0. The number of carbonyl (C=O) groups excluding carboxylic acids is 1. The summed E-state index contributed by atoms with van der Waals surface area (Å²) in [5, 5.41) is 0.